The molecule has 3 aromatic rings. The molecule has 3 rings (SSSR count). The molecule has 0 atom stereocenters. The topological polar surface area (TPSA) is 80.4 Å². The molecule has 18 heavy (non-hydrogen) atoms. The lowest BCUT2D eigenvalue weighted by Crippen LogP contribution is -1.99. The predicted molar refractivity (Wildman–Crippen MR) is 63.2 cm³/mol. The number of carbonyl (C=O) groups is 1. The van der Waals surface area contributed by atoms with Crippen molar-refractivity contribution in [2.75, 3.05) is 0 Å². The number of carboxylic acid groups (broad SMARTS) is 1. The van der Waals surface area contributed by atoms with E-state index in [0.717, 1.165) is 0 Å². The lowest BCUT2D eigenvalue weighted by atomic mass is 10.1. The smallest absolute Gasteiger partial charge is 0.336 e. The van der Waals surface area contributed by atoms with E-state index in [1.165, 1.54) is 6.07 Å². The van der Waals surface area contributed by atoms with Crippen LogP contribution in [-0.2, 0) is 0 Å². The van der Waals surface area contributed by atoms with Crippen LogP contribution in [0.3, 0.4) is 0 Å². The molecule has 0 aliphatic carbocycles. The minimum absolute atomic E-state index is 0.182. The summed E-state index contributed by atoms with van der Waals surface area (Å²) in [4.78, 5) is 19.3. The second-order valence-electron chi connectivity index (χ2n) is 3.67. The zero-order chi connectivity index (χ0) is 12.5. The van der Waals surface area contributed by atoms with E-state index in [1.54, 1.807) is 41.3 Å². The van der Waals surface area contributed by atoms with Gasteiger partial charge in [-0.1, -0.05) is 18.2 Å². The number of aromatic carboxylic acids is 1. The van der Waals surface area contributed by atoms with Crippen molar-refractivity contribution in [2.45, 2.75) is 0 Å². The molecular weight excluding hydrogens is 232 g/mol. The van der Waals surface area contributed by atoms with Gasteiger partial charge in [-0.15, -0.1) is 5.10 Å². The first kappa shape index (κ1) is 10.4. The quantitative estimate of drug-likeness (QED) is 0.734. The highest BCUT2D eigenvalue weighted by molar-refractivity contribution is 5.95. The minimum atomic E-state index is -0.998. The number of fused-ring (bicyclic) bond motifs is 1. The predicted octanol–water partition coefficient (Wildman–Crippen LogP) is 1.49. The van der Waals surface area contributed by atoms with E-state index in [1.807, 2.05) is 0 Å². The molecule has 2 heterocycles. The summed E-state index contributed by atoms with van der Waals surface area (Å²) in [5, 5.41) is 13.4. The van der Waals surface area contributed by atoms with E-state index >= 15 is 0 Å². The molecule has 0 aliphatic rings. The van der Waals surface area contributed by atoms with Gasteiger partial charge in [0.25, 0.3) is 0 Å². The van der Waals surface area contributed by atoms with E-state index in [4.69, 9.17) is 5.11 Å². The third-order valence-electron chi connectivity index (χ3n) is 2.54. The van der Waals surface area contributed by atoms with Crippen LogP contribution < -0.4 is 0 Å². The van der Waals surface area contributed by atoms with Gasteiger partial charge in [0.05, 0.1) is 11.8 Å². The summed E-state index contributed by atoms with van der Waals surface area (Å²) in [6, 6.07) is 6.64. The Hall–Kier alpha value is -2.76. The molecule has 0 saturated carbocycles. The van der Waals surface area contributed by atoms with Crippen molar-refractivity contribution < 1.29 is 9.90 Å². The van der Waals surface area contributed by atoms with Crippen molar-refractivity contribution in [1.29, 1.82) is 0 Å². The Morgan fingerprint density at radius 2 is 2.11 bits per heavy atom. The van der Waals surface area contributed by atoms with E-state index in [0.29, 0.717) is 17.0 Å². The van der Waals surface area contributed by atoms with Gasteiger partial charge in [0, 0.05) is 18.0 Å². The Morgan fingerprint density at radius 3 is 2.89 bits per heavy atom. The first-order valence-electron chi connectivity index (χ1n) is 5.25. The van der Waals surface area contributed by atoms with Crippen molar-refractivity contribution in [3.63, 3.8) is 0 Å². The maximum Gasteiger partial charge on any atom is 0.336 e. The van der Waals surface area contributed by atoms with Crippen LogP contribution in [-0.4, -0.2) is 30.7 Å². The SMILES string of the molecule is O=C(O)c1ccccc1-c1nc2cnccn2n1. The number of carboxylic acids is 1. The summed E-state index contributed by atoms with van der Waals surface area (Å²) in [5.41, 5.74) is 1.25. The summed E-state index contributed by atoms with van der Waals surface area (Å²) < 4.78 is 1.56. The molecule has 1 aromatic carbocycles. The third kappa shape index (κ3) is 1.60. The Kier molecular flexibility index (Phi) is 2.26. The van der Waals surface area contributed by atoms with Crippen LogP contribution in [0.4, 0.5) is 0 Å². The lowest BCUT2D eigenvalue weighted by molar-refractivity contribution is 0.0697. The molecule has 88 valence electrons. The highest BCUT2D eigenvalue weighted by Crippen LogP contribution is 2.20. The van der Waals surface area contributed by atoms with Crippen molar-refractivity contribution in [3.05, 3.63) is 48.4 Å². The lowest BCUT2D eigenvalue weighted by Gasteiger charge is -2.00. The maximum atomic E-state index is 11.1. The fourth-order valence-corrected chi connectivity index (χ4v) is 1.72. The standard InChI is InChI=1S/C12H8N4O2/c17-12(18)9-4-2-1-3-8(9)11-14-10-7-13-5-6-16(10)15-11/h1-7H,(H,17,18). The van der Waals surface area contributed by atoms with Crippen LogP contribution in [0.25, 0.3) is 17.0 Å². The van der Waals surface area contributed by atoms with Crippen LogP contribution in [0, 0.1) is 0 Å². The summed E-state index contributed by atoms with van der Waals surface area (Å²) in [6.45, 7) is 0. The molecule has 2 aromatic heterocycles. The molecule has 0 radical (unpaired) electrons. The normalized spacial score (nSPS) is 10.7. The van der Waals surface area contributed by atoms with Gasteiger partial charge in [0.2, 0.25) is 0 Å². The van der Waals surface area contributed by atoms with Crippen LogP contribution in [0.2, 0.25) is 0 Å². The van der Waals surface area contributed by atoms with Crippen LogP contribution in [0.1, 0.15) is 10.4 Å². The van der Waals surface area contributed by atoms with Gasteiger partial charge in [-0.05, 0) is 6.07 Å². The van der Waals surface area contributed by atoms with E-state index in [9.17, 15) is 4.79 Å². The number of rotatable bonds is 2. The minimum Gasteiger partial charge on any atom is -0.478 e. The van der Waals surface area contributed by atoms with Crippen molar-refractivity contribution in [1.82, 2.24) is 19.6 Å². The molecule has 0 spiro atoms. The molecule has 0 fully saturated rings. The molecular formula is C12H8N4O2. The monoisotopic (exact) mass is 240 g/mol. The summed E-state index contributed by atoms with van der Waals surface area (Å²) in [7, 11) is 0. The second-order valence-corrected chi connectivity index (χ2v) is 3.67. The fourth-order valence-electron chi connectivity index (χ4n) is 1.72. The van der Waals surface area contributed by atoms with Crippen molar-refractivity contribution >= 4 is 11.6 Å². The van der Waals surface area contributed by atoms with Crippen molar-refractivity contribution in [2.24, 2.45) is 0 Å². The Labute approximate surface area is 102 Å². The summed E-state index contributed by atoms with van der Waals surface area (Å²) >= 11 is 0. The molecule has 0 unspecified atom stereocenters. The van der Waals surface area contributed by atoms with Gasteiger partial charge in [0.15, 0.2) is 11.5 Å². The first-order valence-corrected chi connectivity index (χ1v) is 5.25. The largest absolute Gasteiger partial charge is 0.478 e. The Morgan fingerprint density at radius 1 is 1.28 bits per heavy atom. The number of hydrogen-bond acceptors (Lipinski definition) is 4. The highest BCUT2D eigenvalue weighted by atomic mass is 16.4. The average molecular weight is 240 g/mol. The number of nitrogens with zero attached hydrogens (tertiary/aromatic N) is 4. The zero-order valence-corrected chi connectivity index (χ0v) is 9.19. The number of benzene rings is 1. The van der Waals surface area contributed by atoms with Gasteiger partial charge in [-0.25, -0.2) is 14.3 Å². The van der Waals surface area contributed by atoms with Crippen LogP contribution in [0.15, 0.2) is 42.9 Å². The third-order valence-corrected chi connectivity index (χ3v) is 2.54. The average Bonchev–Trinajstić information content (AvgIpc) is 2.82. The maximum absolute atomic E-state index is 11.1. The Bertz CT molecular complexity index is 703. The highest BCUT2D eigenvalue weighted by Gasteiger charge is 2.14. The molecule has 1 N–H and O–H groups in total. The van der Waals surface area contributed by atoms with Gasteiger partial charge >= 0.3 is 5.97 Å². The molecule has 6 heteroatoms. The van der Waals surface area contributed by atoms with Gasteiger partial charge in [-0.2, -0.15) is 0 Å². The number of aromatic nitrogens is 4. The second kappa shape index (κ2) is 3.92. The van der Waals surface area contributed by atoms with E-state index in [2.05, 4.69) is 15.1 Å². The summed E-state index contributed by atoms with van der Waals surface area (Å²) in [6.07, 6.45) is 4.82. The van der Waals surface area contributed by atoms with Gasteiger partial charge < -0.3 is 5.11 Å². The molecule has 6 nitrogen and oxygen atoms in total. The zero-order valence-electron chi connectivity index (χ0n) is 9.19. The number of hydrogen-bond donors (Lipinski definition) is 1. The van der Waals surface area contributed by atoms with Crippen molar-refractivity contribution in [3.8, 4) is 11.4 Å². The molecule has 0 bridgehead atoms. The first-order chi connectivity index (χ1) is 8.75. The van der Waals surface area contributed by atoms with Gasteiger partial charge in [0.1, 0.15) is 0 Å². The summed E-state index contributed by atoms with van der Waals surface area (Å²) in [5.74, 6) is -0.622. The molecule has 0 aliphatic heterocycles. The molecule has 0 amide bonds. The van der Waals surface area contributed by atoms with E-state index in [-0.39, 0.29) is 5.56 Å². The fraction of sp³-hybridized carbons (Fsp3) is 0. The van der Waals surface area contributed by atoms with Crippen LogP contribution in [0.5, 0.6) is 0 Å². The van der Waals surface area contributed by atoms with Crippen LogP contribution >= 0.6 is 0 Å². The molecule has 0 saturated heterocycles. The van der Waals surface area contributed by atoms with Gasteiger partial charge in [-0.3, -0.25) is 4.98 Å². The Balaban J connectivity index is 2.23. The van der Waals surface area contributed by atoms with E-state index < -0.39 is 5.97 Å².